The van der Waals surface area contributed by atoms with E-state index >= 15 is 0 Å². The lowest BCUT2D eigenvalue weighted by Gasteiger charge is -2.44. The third kappa shape index (κ3) is 3.30. The van der Waals surface area contributed by atoms with Crippen molar-refractivity contribution in [1.82, 2.24) is 9.80 Å². The molecule has 0 bridgehead atoms. The van der Waals surface area contributed by atoms with Crippen molar-refractivity contribution >= 4 is 11.8 Å². The van der Waals surface area contributed by atoms with Crippen LogP contribution in [-0.2, 0) is 19.1 Å². The molecule has 0 aromatic heterocycles. The maximum atomic E-state index is 13.0. The molecule has 2 aliphatic heterocycles. The van der Waals surface area contributed by atoms with Crippen molar-refractivity contribution in [3.63, 3.8) is 0 Å². The van der Waals surface area contributed by atoms with Crippen molar-refractivity contribution < 1.29 is 19.1 Å². The summed E-state index contributed by atoms with van der Waals surface area (Å²) in [4.78, 5) is 29.0. The van der Waals surface area contributed by atoms with Crippen LogP contribution < -0.4 is 0 Å². The molecule has 130 valence electrons. The van der Waals surface area contributed by atoms with Crippen molar-refractivity contribution in [3.8, 4) is 0 Å². The van der Waals surface area contributed by atoms with Gasteiger partial charge in [0.1, 0.15) is 6.61 Å². The van der Waals surface area contributed by atoms with Crippen LogP contribution in [0, 0.1) is 0 Å². The molecule has 1 aromatic rings. The molecule has 1 aromatic carbocycles. The Morgan fingerprint density at radius 3 is 2.46 bits per heavy atom. The van der Waals surface area contributed by atoms with Gasteiger partial charge in [0.25, 0.3) is 5.91 Å². The van der Waals surface area contributed by atoms with E-state index in [0.29, 0.717) is 26.3 Å². The van der Waals surface area contributed by atoms with E-state index in [1.807, 2.05) is 44.2 Å². The lowest BCUT2D eigenvalue weighted by atomic mass is 9.95. The first-order valence-electron chi connectivity index (χ1n) is 8.44. The number of hydrogen-bond acceptors (Lipinski definition) is 4. The highest BCUT2D eigenvalue weighted by Crippen LogP contribution is 2.33. The van der Waals surface area contributed by atoms with Crippen LogP contribution in [0.5, 0.6) is 0 Å². The molecule has 0 saturated carbocycles. The summed E-state index contributed by atoms with van der Waals surface area (Å²) in [5.41, 5.74) is 0.922. The predicted octanol–water partition coefficient (Wildman–Crippen LogP) is 1.22. The molecule has 2 aliphatic rings. The molecule has 0 N–H and O–H groups in total. The Labute approximate surface area is 142 Å². The van der Waals surface area contributed by atoms with Crippen LogP contribution in [0.25, 0.3) is 0 Å². The number of hydrogen-bond donors (Lipinski definition) is 0. The van der Waals surface area contributed by atoms with Gasteiger partial charge in [-0.25, -0.2) is 0 Å². The molecule has 0 radical (unpaired) electrons. The zero-order valence-electron chi connectivity index (χ0n) is 14.2. The number of nitrogens with zero attached hydrogens (tertiary/aromatic N) is 2. The van der Waals surface area contributed by atoms with E-state index in [0.717, 1.165) is 5.56 Å². The van der Waals surface area contributed by atoms with Gasteiger partial charge in [-0.05, 0) is 19.4 Å². The molecule has 2 atom stereocenters. The molecule has 2 heterocycles. The average molecular weight is 332 g/mol. The van der Waals surface area contributed by atoms with Crippen LogP contribution >= 0.6 is 0 Å². The number of amides is 2. The Balaban J connectivity index is 1.93. The molecule has 2 saturated heterocycles. The number of carbonyl (C=O) groups is 2. The zero-order valence-corrected chi connectivity index (χ0v) is 14.2. The first-order chi connectivity index (χ1) is 11.6. The summed E-state index contributed by atoms with van der Waals surface area (Å²) in [5, 5.41) is 0. The van der Waals surface area contributed by atoms with Crippen molar-refractivity contribution in [3.05, 3.63) is 35.9 Å². The molecular weight excluding hydrogens is 308 g/mol. The molecule has 2 amide bonds. The van der Waals surface area contributed by atoms with Crippen LogP contribution in [0.4, 0.5) is 0 Å². The van der Waals surface area contributed by atoms with Gasteiger partial charge >= 0.3 is 0 Å². The fourth-order valence-electron chi connectivity index (χ4n) is 3.39. The van der Waals surface area contributed by atoms with Crippen LogP contribution in [-0.4, -0.2) is 66.7 Å². The SMILES string of the molecule is CC(C)N1C(=O)CO[C@H](C(=O)N2CCOCC2)[C@H]1c1ccccc1. The summed E-state index contributed by atoms with van der Waals surface area (Å²) in [6.07, 6.45) is -0.675. The maximum Gasteiger partial charge on any atom is 0.254 e. The minimum Gasteiger partial charge on any atom is -0.378 e. The van der Waals surface area contributed by atoms with Gasteiger partial charge in [-0.1, -0.05) is 30.3 Å². The lowest BCUT2D eigenvalue weighted by molar-refractivity contribution is -0.173. The van der Waals surface area contributed by atoms with E-state index in [1.165, 1.54) is 0 Å². The van der Waals surface area contributed by atoms with Gasteiger partial charge in [-0.15, -0.1) is 0 Å². The summed E-state index contributed by atoms with van der Waals surface area (Å²) in [6, 6.07) is 9.25. The second kappa shape index (κ2) is 7.32. The zero-order chi connectivity index (χ0) is 17.1. The van der Waals surface area contributed by atoms with Gasteiger partial charge in [0.15, 0.2) is 6.10 Å². The normalized spacial score (nSPS) is 25.2. The molecule has 0 spiro atoms. The molecule has 6 nitrogen and oxygen atoms in total. The molecule has 24 heavy (non-hydrogen) atoms. The van der Waals surface area contributed by atoms with Gasteiger partial charge in [-0.3, -0.25) is 9.59 Å². The highest BCUT2D eigenvalue weighted by Gasteiger charge is 2.44. The smallest absolute Gasteiger partial charge is 0.254 e. The first kappa shape index (κ1) is 16.9. The van der Waals surface area contributed by atoms with Crippen LogP contribution in [0.1, 0.15) is 25.5 Å². The molecule has 2 fully saturated rings. The minimum atomic E-state index is -0.675. The summed E-state index contributed by atoms with van der Waals surface area (Å²) in [5.74, 6) is -0.143. The van der Waals surface area contributed by atoms with Gasteiger partial charge in [0.05, 0.1) is 19.3 Å². The third-order valence-corrected chi connectivity index (χ3v) is 4.52. The van der Waals surface area contributed by atoms with E-state index in [1.54, 1.807) is 9.80 Å². The lowest BCUT2D eigenvalue weighted by Crippen LogP contribution is -2.58. The summed E-state index contributed by atoms with van der Waals surface area (Å²) < 4.78 is 11.1. The Bertz CT molecular complexity index is 584. The quantitative estimate of drug-likeness (QED) is 0.835. The Morgan fingerprint density at radius 2 is 1.83 bits per heavy atom. The maximum absolute atomic E-state index is 13.0. The largest absolute Gasteiger partial charge is 0.378 e. The summed E-state index contributed by atoms with van der Waals surface area (Å²) in [7, 11) is 0. The van der Waals surface area contributed by atoms with Crippen LogP contribution in [0.15, 0.2) is 30.3 Å². The molecular formula is C18H24N2O4. The van der Waals surface area contributed by atoms with Crippen molar-refractivity contribution in [1.29, 1.82) is 0 Å². The monoisotopic (exact) mass is 332 g/mol. The molecule has 0 aliphatic carbocycles. The number of benzene rings is 1. The Morgan fingerprint density at radius 1 is 1.17 bits per heavy atom. The minimum absolute atomic E-state index is 0.00778. The highest BCUT2D eigenvalue weighted by molar-refractivity contribution is 5.86. The van der Waals surface area contributed by atoms with E-state index in [-0.39, 0.29) is 24.5 Å². The van der Waals surface area contributed by atoms with E-state index < -0.39 is 12.1 Å². The van der Waals surface area contributed by atoms with E-state index in [4.69, 9.17) is 9.47 Å². The fraction of sp³-hybridized carbons (Fsp3) is 0.556. The van der Waals surface area contributed by atoms with Gasteiger partial charge < -0.3 is 19.3 Å². The second-order valence-electron chi connectivity index (χ2n) is 6.42. The van der Waals surface area contributed by atoms with Crippen LogP contribution in [0.2, 0.25) is 0 Å². The predicted molar refractivity (Wildman–Crippen MR) is 88.3 cm³/mol. The first-order valence-corrected chi connectivity index (χ1v) is 8.44. The van der Waals surface area contributed by atoms with E-state index in [9.17, 15) is 9.59 Å². The van der Waals surface area contributed by atoms with Crippen molar-refractivity contribution in [2.24, 2.45) is 0 Å². The van der Waals surface area contributed by atoms with Gasteiger partial charge in [-0.2, -0.15) is 0 Å². The average Bonchev–Trinajstić information content (AvgIpc) is 2.62. The standard InChI is InChI=1S/C18H24N2O4/c1-13(2)20-15(21)12-24-17(16(20)14-6-4-3-5-7-14)18(22)19-8-10-23-11-9-19/h3-7,13,16-17H,8-12H2,1-2H3/t16-,17+/m1/s1. The van der Waals surface area contributed by atoms with E-state index in [2.05, 4.69) is 0 Å². The molecule has 6 heteroatoms. The van der Waals surface area contributed by atoms with Crippen molar-refractivity contribution in [2.75, 3.05) is 32.9 Å². The third-order valence-electron chi connectivity index (χ3n) is 4.52. The molecule has 3 rings (SSSR count). The number of morpholine rings is 2. The van der Waals surface area contributed by atoms with Crippen LogP contribution in [0.3, 0.4) is 0 Å². The molecule has 0 unspecified atom stereocenters. The summed E-state index contributed by atoms with van der Waals surface area (Å²) >= 11 is 0. The number of carbonyl (C=O) groups excluding carboxylic acids is 2. The fourth-order valence-corrected chi connectivity index (χ4v) is 3.39. The Kier molecular flexibility index (Phi) is 5.16. The summed E-state index contributed by atoms with van der Waals surface area (Å²) in [6.45, 7) is 6.10. The highest BCUT2D eigenvalue weighted by atomic mass is 16.5. The number of rotatable bonds is 3. The Hall–Kier alpha value is -1.92. The van der Waals surface area contributed by atoms with Gasteiger partial charge in [0, 0.05) is 19.1 Å². The number of ether oxygens (including phenoxy) is 2. The second-order valence-corrected chi connectivity index (χ2v) is 6.42. The topological polar surface area (TPSA) is 59.1 Å². The van der Waals surface area contributed by atoms with Gasteiger partial charge in [0.2, 0.25) is 5.91 Å². The van der Waals surface area contributed by atoms with Crippen molar-refractivity contribution in [2.45, 2.75) is 32.0 Å².